The smallest absolute Gasteiger partial charge is 0.155 e. The van der Waals surface area contributed by atoms with Crippen LogP contribution in [0.3, 0.4) is 0 Å². The lowest BCUT2D eigenvalue weighted by molar-refractivity contribution is 1.29. The van der Waals surface area contributed by atoms with E-state index in [0.717, 1.165) is 25.1 Å². The van der Waals surface area contributed by atoms with Crippen molar-refractivity contribution in [3.8, 4) is 6.07 Å². The fraction of sp³-hybridized carbons (Fsp3) is 0. The molecule has 98 valence electrons. The molecule has 6 heteroatoms. The Kier molecular flexibility index (Phi) is 3.53. The largest absolute Gasteiger partial charge is 0.399 e. The number of halogens is 1. The zero-order valence-corrected chi connectivity index (χ0v) is 12.5. The van der Waals surface area contributed by atoms with Crippen molar-refractivity contribution in [3.63, 3.8) is 0 Å². The van der Waals surface area contributed by atoms with Gasteiger partial charge < -0.3 is 5.73 Å². The summed E-state index contributed by atoms with van der Waals surface area (Å²) in [6.07, 6.45) is 0. The second-order valence-corrected chi connectivity index (χ2v) is 6.79. The minimum absolute atomic E-state index is 0.552. The van der Waals surface area contributed by atoms with E-state index in [2.05, 4.69) is 11.1 Å². The number of nitrogen functional groups attached to an aromatic ring is 1. The van der Waals surface area contributed by atoms with Crippen molar-refractivity contribution < 1.29 is 0 Å². The lowest BCUT2D eigenvalue weighted by Gasteiger charge is -2.00. The van der Waals surface area contributed by atoms with Crippen molar-refractivity contribution in [1.29, 1.82) is 5.26 Å². The minimum Gasteiger partial charge on any atom is -0.399 e. The van der Waals surface area contributed by atoms with Gasteiger partial charge in [-0.05, 0) is 36.4 Å². The fourth-order valence-corrected chi connectivity index (χ4v) is 4.08. The molecule has 0 saturated carbocycles. The molecule has 0 unspecified atom stereocenters. The maximum atomic E-state index is 8.83. The van der Waals surface area contributed by atoms with Crippen molar-refractivity contribution in [1.82, 2.24) is 4.98 Å². The van der Waals surface area contributed by atoms with Crippen molar-refractivity contribution in [2.24, 2.45) is 0 Å². The Balaban J connectivity index is 1.95. The minimum atomic E-state index is 0.552. The van der Waals surface area contributed by atoms with Gasteiger partial charge in [0.2, 0.25) is 0 Å². The third-order valence-corrected chi connectivity index (χ3v) is 5.23. The van der Waals surface area contributed by atoms with Crippen LogP contribution in [0.5, 0.6) is 0 Å². The summed E-state index contributed by atoms with van der Waals surface area (Å²) in [4.78, 5) is 5.42. The lowest BCUT2D eigenvalue weighted by Crippen LogP contribution is -1.81. The Morgan fingerprint density at radius 1 is 1.25 bits per heavy atom. The molecule has 1 aromatic heterocycles. The average molecular weight is 318 g/mol. The molecule has 0 bridgehead atoms. The second-order valence-electron chi connectivity index (χ2n) is 4.07. The first-order valence-electron chi connectivity index (χ1n) is 5.69. The molecular weight excluding hydrogens is 310 g/mol. The first kappa shape index (κ1) is 13.3. The van der Waals surface area contributed by atoms with Gasteiger partial charge in [-0.3, -0.25) is 0 Å². The van der Waals surface area contributed by atoms with E-state index in [4.69, 9.17) is 22.6 Å². The van der Waals surface area contributed by atoms with Gasteiger partial charge in [-0.25, -0.2) is 4.98 Å². The number of anilines is 1. The molecule has 20 heavy (non-hydrogen) atoms. The summed E-state index contributed by atoms with van der Waals surface area (Å²) in [7, 11) is 0. The van der Waals surface area contributed by atoms with Crippen molar-refractivity contribution in [2.75, 3.05) is 5.73 Å². The maximum absolute atomic E-state index is 8.83. The number of rotatable bonds is 2. The molecule has 0 fully saturated rings. The van der Waals surface area contributed by atoms with Crippen LogP contribution in [0.4, 0.5) is 5.69 Å². The Labute approximate surface area is 129 Å². The van der Waals surface area contributed by atoms with Crippen LogP contribution in [0, 0.1) is 11.3 Å². The van der Waals surface area contributed by atoms with Crippen LogP contribution in [-0.4, -0.2) is 4.98 Å². The maximum Gasteiger partial charge on any atom is 0.155 e. The van der Waals surface area contributed by atoms with Gasteiger partial charge in [-0.1, -0.05) is 23.4 Å². The summed E-state index contributed by atoms with van der Waals surface area (Å²) in [5.74, 6) is 0. The van der Waals surface area contributed by atoms with Crippen LogP contribution < -0.4 is 5.73 Å². The van der Waals surface area contributed by atoms with Gasteiger partial charge in [0.15, 0.2) is 4.34 Å². The van der Waals surface area contributed by atoms with Crippen molar-refractivity contribution in [2.45, 2.75) is 9.24 Å². The number of thiazole rings is 1. The summed E-state index contributed by atoms with van der Waals surface area (Å²) >= 11 is 9.23. The Hall–Kier alpha value is -1.74. The van der Waals surface area contributed by atoms with Crippen molar-refractivity contribution in [3.05, 3.63) is 47.0 Å². The normalized spacial score (nSPS) is 10.6. The number of nitriles is 1. The number of aromatic nitrogens is 1. The predicted molar refractivity (Wildman–Crippen MR) is 84.3 cm³/mol. The summed E-state index contributed by atoms with van der Waals surface area (Å²) in [5, 5.41) is 9.39. The van der Waals surface area contributed by atoms with E-state index in [9.17, 15) is 0 Å². The first-order valence-corrected chi connectivity index (χ1v) is 7.70. The van der Waals surface area contributed by atoms with E-state index in [0.29, 0.717) is 10.6 Å². The molecule has 0 aliphatic heterocycles. The van der Waals surface area contributed by atoms with E-state index in [1.807, 2.05) is 24.3 Å². The third kappa shape index (κ3) is 2.59. The number of benzene rings is 2. The van der Waals surface area contributed by atoms with Crippen molar-refractivity contribution >= 4 is 50.6 Å². The van der Waals surface area contributed by atoms with Gasteiger partial charge in [0.25, 0.3) is 0 Å². The van der Waals surface area contributed by atoms with Gasteiger partial charge >= 0.3 is 0 Å². The Morgan fingerprint density at radius 2 is 2.10 bits per heavy atom. The van der Waals surface area contributed by atoms with Crippen LogP contribution in [-0.2, 0) is 0 Å². The summed E-state index contributed by atoms with van der Waals surface area (Å²) < 4.78 is 1.95. The standard InChI is InChI=1S/C14H8ClN3S2/c15-10-5-8(7-16)1-4-12(10)19-14-18-11-3-2-9(17)6-13(11)20-14/h1-6H,17H2. The Bertz CT molecular complexity index is 836. The van der Waals surface area contributed by atoms with Gasteiger partial charge in [-0.15, -0.1) is 11.3 Å². The zero-order valence-electron chi connectivity index (χ0n) is 10.1. The molecule has 2 N–H and O–H groups in total. The number of nitrogens with zero attached hydrogens (tertiary/aromatic N) is 2. The van der Waals surface area contributed by atoms with Gasteiger partial charge in [0.05, 0.1) is 26.9 Å². The monoisotopic (exact) mass is 317 g/mol. The highest BCUT2D eigenvalue weighted by Crippen LogP contribution is 2.38. The van der Waals surface area contributed by atoms with Crippen LogP contribution in [0.2, 0.25) is 5.02 Å². The molecule has 2 aromatic carbocycles. The van der Waals surface area contributed by atoms with Crippen LogP contribution in [0.25, 0.3) is 10.2 Å². The average Bonchev–Trinajstić information content (AvgIpc) is 2.82. The number of hydrogen-bond acceptors (Lipinski definition) is 5. The number of hydrogen-bond donors (Lipinski definition) is 1. The van der Waals surface area contributed by atoms with E-state index >= 15 is 0 Å². The van der Waals surface area contributed by atoms with E-state index in [-0.39, 0.29) is 0 Å². The number of nitrogens with two attached hydrogens (primary N) is 1. The van der Waals surface area contributed by atoms with Crippen LogP contribution in [0.15, 0.2) is 45.6 Å². The highest BCUT2D eigenvalue weighted by Gasteiger charge is 2.09. The van der Waals surface area contributed by atoms with Gasteiger partial charge in [0.1, 0.15) is 0 Å². The summed E-state index contributed by atoms with van der Waals surface area (Å²) in [5.41, 5.74) is 7.97. The summed E-state index contributed by atoms with van der Waals surface area (Å²) in [6.45, 7) is 0. The molecule has 3 aromatic rings. The van der Waals surface area contributed by atoms with Crippen LogP contribution in [0.1, 0.15) is 5.56 Å². The highest BCUT2D eigenvalue weighted by atomic mass is 35.5. The SMILES string of the molecule is N#Cc1ccc(Sc2nc3ccc(N)cc3s2)c(Cl)c1. The fourth-order valence-electron chi connectivity index (χ4n) is 1.71. The molecule has 0 amide bonds. The lowest BCUT2D eigenvalue weighted by atomic mass is 10.2. The Morgan fingerprint density at radius 3 is 2.85 bits per heavy atom. The topological polar surface area (TPSA) is 62.7 Å². The zero-order chi connectivity index (χ0) is 14.1. The van der Waals surface area contributed by atoms with E-state index in [1.54, 1.807) is 23.5 Å². The van der Waals surface area contributed by atoms with Gasteiger partial charge in [-0.2, -0.15) is 5.26 Å². The van der Waals surface area contributed by atoms with Gasteiger partial charge in [0, 0.05) is 10.6 Å². The third-order valence-electron chi connectivity index (χ3n) is 2.65. The molecule has 3 rings (SSSR count). The molecule has 0 aliphatic carbocycles. The van der Waals surface area contributed by atoms with Crippen LogP contribution >= 0.6 is 34.7 Å². The molecule has 0 spiro atoms. The number of fused-ring (bicyclic) bond motifs is 1. The quantitative estimate of drug-likeness (QED) is 0.704. The molecule has 1 heterocycles. The molecule has 0 atom stereocenters. The second kappa shape index (κ2) is 5.33. The van der Waals surface area contributed by atoms with E-state index in [1.165, 1.54) is 11.8 Å². The predicted octanol–water partition coefficient (Wildman–Crippen LogP) is 4.55. The molecule has 0 saturated heterocycles. The molecular formula is C14H8ClN3S2. The molecule has 3 nitrogen and oxygen atoms in total. The summed E-state index contributed by atoms with van der Waals surface area (Å²) in [6, 6.07) is 13.0. The highest BCUT2D eigenvalue weighted by molar-refractivity contribution is 8.01. The van der Waals surface area contributed by atoms with E-state index < -0.39 is 0 Å². The molecule has 0 radical (unpaired) electrons. The molecule has 0 aliphatic rings. The first-order chi connectivity index (χ1) is 9.65.